The maximum absolute atomic E-state index is 9.72. The van der Waals surface area contributed by atoms with Crippen molar-refractivity contribution in [1.29, 1.82) is 42.1 Å². The highest BCUT2D eigenvalue weighted by Gasteiger charge is 2.36. The first-order chi connectivity index (χ1) is 14.6. The van der Waals surface area contributed by atoms with Gasteiger partial charge in [0.05, 0.1) is 33.4 Å². The molecular weight excluding hydrogens is 376 g/mol. The van der Waals surface area contributed by atoms with Crippen molar-refractivity contribution in [3.8, 4) is 59.7 Å². The molecule has 0 N–H and O–H groups in total. The summed E-state index contributed by atoms with van der Waals surface area (Å²) in [4.78, 5) is 0. The molecule has 0 spiro atoms. The third-order valence-corrected chi connectivity index (χ3v) is 4.61. The van der Waals surface area contributed by atoms with Gasteiger partial charge in [-0.1, -0.05) is 0 Å². The predicted octanol–water partition coefficient (Wildman–Crippen LogP) is 2.75. The lowest BCUT2D eigenvalue weighted by atomic mass is 9.88. The van der Waals surface area contributed by atoms with Crippen LogP contribution < -0.4 is 0 Å². The van der Waals surface area contributed by atoms with Crippen LogP contribution in [0.2, 0.25) is 0 Å². The minimum Gasteiger partial charge on any atom is -0.192 e. The molecular formula is C22H2N8. The van der Waals surface area contributed by atoms with Gasteiger partial charge >= 0.3 is 0 Å². The summed E-state index contributed by atoms with van der Waals surface area (Å²) >= 11 is 0. The van der Waals surface area contributed by atoms with E-state index in [0.29, 0.717) is 0 Å². The minimum absolute atomic E-state index is 0.0385. The zero-order valence-electron chi connectivity index (χ0n) is 14.7. The molecule has 1 aliphatic carbocycles. The number of hydrogen-bond donors (Lipinski definition) is 0. The zero-order chi connectivity index (χ0) is 22.0. The van der Waals surface area contributed by atoms with Crippen LogP contribution in [-0.4, -0.2) is 0 Å². The van der Waals surface area contributed by atoms with E-state index in [4.69, 9.17) is 0 Å². The third kappa shape index (κ3) is 2.25. The van der Waals surface area contributed by atoms with Crippen molar-refractivity contribution in [3.63, 3.8) is 0 Å². The Morgan fingerprint density at radius 1 is 0.500 bits per heavy atom. The first kappa shape index (κ1) is 18.9. The Balaban J connectivity index is 2.77. The Hall–Kier alpha value is -5.90. The molecule has 0 aromatic heterocycles. The maximum atomic E-state index is 9.72. The van der Waals surface area contributed by atoms with Crippen LogP contribution in [0.5, 0.6) is 0 Å². The summed E-state index contributed by atoms with van der Waals surface area (Å²) in [5.74, 6) is 0. The molecule has 2 aromatic rings. The summed E-state index contributed by atoms with van der Waals surface area (Å²) in [7, 11) is 0. The van der Waals surface area contributed by atoms with Gasteiger partial charge in [-0.3, -0.25) is 0 Å². The number of nitrogens with zero attached hydrogens (tertiary/aromatic N) is 8. The molecule has 0 bridgehead atoms. The lowest BCUT2D eigenvalue weighted by molar-refractivity contribution is 1.38. The molecule has 1 aliphatic rings. The van der Waals surface area contributed by atoms with Gasteiger partial charge in [-0.05, 0) is 23.3 Å². The van der Waals surface area contributed by atoms with Crippen LogP contribution in [0.4, 0.5) is 0 Å². The highest BCUT2D eigenvalue weighted by molar-refractivity contribution is 6.08. The van der Waals surface area contributed by atoms with E-state index in [0.717, 1.165) is 0 Å². The molecule has 0 aliphatic heterocycles. The fourth-order valence-corrected chi connectivity index (χ4v) is 3.45. The van der Waals surface area contributed by atoms with Crippen LogP contribution in [0.15, 0.2) is 17.7 Å². The molecule has 0 atom stereocenters. The molecule has 0 fully saturated rings. The topological polar surface area (TPSA) is 190 Å². The molecule has 8 heteroatoms. The predicted molar refractivity (Wildman–Crippen MR) is 97.4 cm³/mol. The highest BCUT2D eigenvalue weighted by atomic mass is 14.4. The fourth-order valence-electron chi connectivity index (χ4n) is 3.45. The Kier molecular flexibility index (Phi) is 4.42. The molecule has 0 unspecified atom stereocenters. The molecule has 8 nitrogen and oxygen atoms in total. The molecule has 0 saturated heterocycles. The van der Waals surface area contributed by atoms with Gasteiger partial charge in [-0.15, -0.1) is 0 Å². The van der Waals surface area contributed by atoms with E-state index in [9.17, 15) is 42.1 Å². The number of allylic oxidation sites excluding steroid dienone is 1. The molecule has 0 amide bonds. The Bertz CT molecular complexity index is 1450. The van der Waals surface area contributed by atoms with E-state index in [1.54, 1.807) is 24.3 Å². The quantitative estimate of drug-likeness (QED) is 0.533. The van der Waals surface area contributed by atoms with Gasteiger partial charge in [0.25, 0.3) is 0 Å². The summed E-state index contributed by atoms with van der Waals surface area (Å²) < 4.78 is 0. The molecule has 3 rings (SSSR count). The number of fused-ring (bicyclic) bond motifs is 3. The molecule has 0 radical (unpaired) electrons. The van der Waals surface area contributed by atoms with Crippen molar-refractivity contribution in [1.82, 2.24) is 0 Å². The summed E-state index contributed by atoms with van der Waals surface area (Å²) in [5.41, 5.74) is -1.19. The highest BCUT2D eigenvalue weighted by Crippen LogP contribution is 2.50. The van der Waals surface area contributed by atoms with Crippen molar-refractivity contribution in [3.05, 3.63) is 62.2 Å². The van der Waals surface area contributed by atoms with Gasteiger partial charge in [0, 0.05) is 16.7 Å². The molecule has 30 heavy (non-hydrogen) atoms. The van der Waals surface area contributed by atoms with Crippen LogP contribution in [0, 0.1) is 90.6 Å². The lowest BCUT2D eigenvalue weighted by Crippen LogP contribution is -1.99. The minimum atomic E-state index is -0.440. The van der Waals surface area contributed by atoms with E-state index in [1.807, 2.05) is 24.3 Å². The van der Waals surface area contributed by atoms with E-state index in [-0.39, 0.29) is 61.2 Å². The van der Waals surface area contributed by atoms with Crippen LogP contribution in [0.3, 0.4) is 0 Å². The SMILES string of the molecule is N#CC(C#N)=C1c2c(cc(C#N)c(C#N)c2C#N)-c2cc(C#N)c(C#N)c(C#N)c21. The summed E-state index contributed by atoms with van der Waals surface area (Å²) in [6, 6.07) is 17.0. The van der Waals surface area contributed by atoms with Crippen molar-refractivity contribution >= 4 is 5.57 Å². The third-order valence-electron chi connectivity index (χ3n) is 4.61. The van der Waals surface area contributed by atoms with Crippen LogP contribution >= 0.6 is 0 Å². The van der Waals surface area contributed by atoms with Gasteiger partial charge in [-0.25, -0.2) is 0 Å². The Morgan fingerprint density at radius 2 is 0.867 bits per heavy atom. The zero-order valence-corrected chi connectivity index (χ0v) is 14.7. The standard InChI is InChI=1S/C22H2N8/c23-3-11-1-14-15-2-12(4-24)17(8-28)19(10-30)22(15)20(13(5-25)6-26)21(14)18(9-29)16(11)7-27/h1-2H. The van der Waals surface area contributed by atoms with Crippen LogP contribution in [-0.2, 0) is 0 Å². The van der Waals surface area contributed by atoms with Crippen LogP contribution in [0.25, 0.3) is 16.7 Å². The first-order valence-electron chi connectivity index (χ1n) is 7.94. The van der Waals surface area contributed by atoms with Gasteiger partial charge in [0.2, 0.25) is 0 Å². The smallest absolute Gasteiger partial charge is 0.138 e. The number of benzene rings is 2. The summed E-state index contributed by atoms with van der Waals surface area (Å²) in [6.45, 7) is 0. The number of rotatable bonds is 0. The van der Waals surface area contributed by atoms with Gasteiger partial charge in [-0.2, -0.15) is 42.1 Å². The second-order valence-corrected chi connectivity index (χ2v) is 5.84. The van der Waals surface area contributed by atoms with Crippen molar-refractivity contribution in [2.45, 2.75) is 0 Å². The summed E-state index contributed by atoms with van der Waals surface area (Å²) in [6.07, 6.45) is 0. The number of nitriles is 8. The largest absolute Gasteiger partial charge is 0.192 e. The van der Waals surface area contributed by atoms with Gasteiger partial charge in [0.15, 0.2) is 0 Å². The molecule has 2 aromatic carbocycles. The average Bonchev–Trinajstić information content (AvgIpc) is 3.10. The second kappa shape index (κ2) is 7.02. The van der Waals surface area contributed by atoms with Gasteiger partial charge in [0.1, 0.15) is 54.1 Å². The normalized spacial score (nSPS) is 9.67. The number of hydrogen-bond acceptors (Lipinski definition) is 8. The van der Waals surface area contributed by atoms with E-state index >= 15 is 0 Å². The maximum Gasteiger partial charge on any atom is 0.138 e. The van der Waals surface area contributed by atoms with Crippen molar-refractivity contribution < 1.29 is 0 Å². The van der Waals surface area contributed by atoms with E-state index < -0.39 is 5.57 Å². The summed E-state index contributed by atoms with van der Waals surface area (Å²) in [5, 5.41) is 76.2. The average molecular weight is 378 g/mol. The molecule has 0 saturated carbocycles. The fraction of sp³-hybridized carbons (Fsp3) is 0. The Morgan fingerprint density at radius 3 is 1.13 bits per heavy atom. The monoisotopic (exact) mass is 378 g/mol. The van der Waals surface area contributed by atoms with Gasteiger partial charge < -0.3 is 0 Å². The van der Waals surface area contributed by atoms with Crippen molar-refractivity contribution in [2.24, 2.45) is 0 Å². The van der Waals surface area contributed by atoms with E-state index in [1.165, 1.54) is 12.1 Å². The molecule has 0 heterocycles. The lowest BCUT2D eigenvalue weighted by Gasteiger charge is -2.09. The Labute approximate surface area is 170 Å². The van der Waals surface area contributed by atoms with Crippen molar-refractivity contribution in [2.75, 3.05) is 0 Å². The van der Waals surface area contributed by atoms with Crippen LogP contribution in [0.1, 0.15) is 44.5 Å². The van der Waals surface area contributed by atoms with E-state index in [2.05, 4.69) is 0 Å². The second-order valence-electron chi connectivity index (χ2n) is 5.84. The first-order valence-corrected chi connectivity index (χ1v) is 7.94. The molecule has 130 valence electrons.